The zero-order chi connectivity index (χ0) is 21.0. The second-order valence-corrected chi connectivity index (χ2v) is 11.7. The number of piperidine rings is 2. The van der Waals surface area contributed by atoms with Crippen LogP contribution in [-0.2, 0) is 4.57 Å². The van der Waals surface area contributed by atoms with Crippen LogP contribution in [0.25, 0.3) is 0 Å². The minimum atomic E-state index is -2.84. The lowest BCUT2D eigenvalue weighted by molar-refractivity contribution is 0.198. The van der Waals surface area contributed by atoms with Gasteiger partial charge in [-0.3, -0.25) is 9.46 Å². The maximum Gasteiger partial charge on any atom is 0.199 e. The molecule has 2 aliphatic heterocycles. The van der Waals surface area contributed by atoms with Crippen LogP contribution in [0, 0.1) is 0 Å². The fraction of sp³-hybridized carbons (Fsp3) is 0.520. The van der Waals surface area contributed by atoms with Gasteiger partial charge in [-0.25, -0.2) is 4.67 Å². The van der Waals surface area contributed by atoms with Crippen LogP contribution in [0.4, 0.5) is 5.69 Å². The molecule has 0 bridgehead atoms. The van der Waals surface area contributed by atoms with Crippen LogP contribution >= 0.6 is 7.29 Å². The molecule has 4 nitrogen and oxygen atoms in total. The van der Waals surface area contributed by atoms with E-state index in [0.717, 1.165) is 44.3 Å². The van der Waals surface area contributed by atoms with Gasteiger partial charge in [0.2, 0.25) is 0 Å². The highest BCUT2D eigenvalue weighted by Gasteiger charge is 2.45. The van der Waals surface area contributed by atoms with Crippen LogP contribution in [0.3, 0.4) is 0 Å². The van der Waals surface area contributed by atoms with Crippen molar-refractivity contribution in [2.45, 2.75) is 44.3 Å². The molecule has 2 atom stereocenters. The Balaban J connectivity index is 1.83. The lowest BCUT2D eigenvalue weighted by Crippen LogP contribution is -2.41. The molecule has 4 rings (SSSR count). The van der Waals surface area contributed by atoms with Gasteiger partial charge in [0.05, 0.1) is 0 Å². The van der Waals surface area contributed by atoms with Crippen LogP contribution in [0.5, 0.6) is 0 Å². The van der Waals surface area contributed by atoms with Gasteiger partial charge in [-0.1, -0.05) is 55.3 Å². The van der Waals surface area contributed by atoms with Gasteiger partial charge in [-0.2, -0.15) is 0 Å². The summed E-state index contributed by atoms with van der Waals surface area (Å²) in [5.74, 6) is -0.0745. The van der Waals surface area contributed by atoms with E-state index in [1.54, 1.807) is 0 Å². The third kappa shape index (κ3) is 4.37. The van der Waals surface area contributed by atoms with Crippen molar-refractivity contribution in [1.29, 1.82) is 0 Å². The molecule has 0 saturated carbocycles. The Kier molecular flexibility index (Phi) is 6.98. The Bertz CT molecular complexity index is 840. The van der Waals surface area contributed by atoms with Gasteiger partial charge < -0.3 is 4.90 Å². The fourth-order valence-corrected chi connectivity index (χ4v) is 8.66. The van der Waals surface area contributed by atoms with Gasteiger partial charge in [0, 0.05) is 38.2 Å². The second kappa shape index (κ2) is 9.68. The van der Waals surface area contributed by atoms with E-state index in [1.165, 1.54) is 36.9 Å². The Labute approximate surface area is 182 Å². The summed E-state index contributed by atoms with van der Waals surface area (Å²) in [5.41, 5.74) is 2.38. The van der Waals surface area contributed by atoms with Crippen molar-refractivity contribution in [3.8, 4) is 0 Å². The third-order valence-corrected chi connectivity index (χ3v) is 10.2. The van der Waals surface area contributed by atoms with E-state index in [-0.39, 0.29) is 5.78 Å². The van der Waals surface area contributed by atoms with Crippen LogP contribution in [0.2, 0.25) is 0 Å². The average Bonchev–Trinajstić information content (AvgIpc) is 2.81. The summed E-state index contributed by atoms with van der Waals surface area (Å²) in [4.78, 5) is 4.65. The zero-order valence-electron chi connectivity index (χ0n) is 18.5. The first-order chi connectivity index (χ1) is 14.6. The lowest BCUT2D eigenvalue weighted by atomic mass is 10.1. The molecule has 0 amide bonds. The maximum atomic E-state index is 15.3. The Hall–Kier alpha value is -1.61. The van der Waals surface area contributed by atoms with Crippen molar-refractivity contribution in [3.05, 3.63) is 60.2 Å². The molecule has 2 heterocycles. The minimum absolute atomic E-state index is 0.0745. The highest BCUT2D eigenvalue weighted by atomic mass is 31.2. The topological polar surface area (TPSA) is 26.8 Å². The van der Waals surface area contributed by atoms with Gasteiger partial charge in [0.1, 0.15) is 5.78 Å². The van der Waals surface area contributed by atoms with E-state index >= 15 is 4.57 Å². The molecule has 0 spiro atoms. The molecule has 2 aliphatic rings. The number of hydrogen-bond donors (Lipinski definition) is 0. The van der Waals surface area contributed by atoms with Crippen molar-refractivity contribution in [1.82, 2.24) is 9.57 Å². The average molecular weight is 426 g/mol. The van der Waals surface area contributed by atoms with Crippen LogP contribution < -0.4 is 10.2 Å². The molecule has 0 aromatic heterocycles. The summed E-state index contributed by atoms with van der Waals surface area (Å²) in [6, 6.07) is 19.1. The molecule has 0 aliphatic carbocycles. The zero-order valence-corrected chi connectivity index (χ0v) is 19.4. The summed E-state index contributed by atoms with van der Waals surface area (Å²) in [6.07, 6.45) is 7.20. The van der Waals surface area contributed by atoms with Crippen molar-refractivity contribution in [2.75, 3.05) is 45.2 Å². The van der Waals surface area contributed by atoms with E-state index in [4.69, 9.17) is 0 Å². The number of nitrogens with zero attached hydrogens (tertiary/aromatic N) is 3. The molecule has 162 valence electrons. The first-order valence-corrected chi connectivity index (χ1v) is 13.3. The predicted octanol–water partition coefficient (Wildman–Crippen LogP) is 5.33. The highest BCUT2D eigenvalue weighted by Crippen LogP contribution is 2.63. The molecule has 2 fully saturated rings. The van der Waals surface area contributed by atoms with Crippen LogP contribution in [0.1, 0.15) is 49.9 Å². The quantitative estimate of drug-likeness (QED) is 0.585. The number of likely N-dealkylation sites (tertiary alicyclic amines) is 1. The van der Waals surface area contributed by atoms with Gasteiger partial charge in [-0.05, 0) is 56.5 Å². The first-order valence-electron chi connectivity index (χ1n) is 11.5. The standard InChI is InChI=1S/C25H36N3OP/c1-26(2)23-16-14-22(15-17-23)25(27-18-8-4-9-19-27)30(29,24-12-6-3-7-13-24)28-20-10-5-11-21-28/h3,6-7,12-17,25H,4-5,8-11,18-21H2,1-2H3. The molecule has 2 saturated heterocycles. The Morgan fingerprint density at radius 3 is 1.90 bits per heavy atom. The molecule has 2 aromatic rings. The van der Waals surface area contributed by atoms with Gasteiger partial charge >= 0.3 is 0 Å². The molecule has 0 N–H and O–H groups in total. The number of rotatable bonds is 6. The molecule has 2 unspecified atom stereocenters. The Morgan fingerprint density at radius 2 is 1.33 bits per heavy atom. The molecule has 30 heavy (non-hydrogen) atoms. The van der Waals surface area contributed by atoms with E-state index < -0.39 is 7.29 Å². The number of anilines is 1. The minimum Gasteiger partial charge on any atom is -0.378 e. The normalized spacial score (nSPS) is 21.7. The van der Waals surface area contributed by atoms with Gasteiger partial charge in [0.15, 0.2) is 7.29 Å². The largest absolute Gasteiger partial charge is 0.378 e. The van der Waals surface area contributed by atoms with E-state index in [1.807, 2.05) is 18.2 Å². The SMILES string of the molecule is CN(C)c1ccc(C(N2CCCCC2)P(=O)(c2ccccc2)N2CCCCC2)cc1. The van der Waals surface area contributed by atoms with Gasteiger partial charge in [0.25, 0.3) is 0 Å². The van der Waals surface area contributed by atoms with Crippen molar-refractivity contribution in [3.63, 3.8) is 0 Å². The van der Waals surface area contributed by atoms with E-state index in [0.29, 0.717) is 0 Å². The summed E-state index contributed by atoms with van der Waals surface area (Å²) >= 11 is 0. The van der Waals surface area contributed by atoms with Crippen molar-refractivity contribution >= 4 is 18.3 Å². The highest BCUT2D eigenvalue weighted by molar-refractivity contribution is 7.69. The third-order valence-electron chi connectivity index (χ3n) is 6.65. The molecule has 2 aromatic carbocycles. The fourth-order valence-electron chi connectivity index (χ4n) is 5.02. The summed E-state index contributed by atoms with van der Waals surface area (Å²) in [7, 11) is 1.30. The number of hydrogen-bond acceptors (Lipinski definition) is 3. The van der Waals surface area contributed by atoms with E-state index in [2.05, 4.69) is 65.0 Å². The molecular weight excluding hydrogens is 389 g/mol. The van der Waals surface area contributed by atoms with E-state index in [9.17, 15) is 0 Å². The summed E-state index contributed by atoms with van der Waals surface area (Å²) < 4.78 is 17.6. The van der Waals surface area contributed by atoms with Crippen LogP contribution in [0.15, 0.2) is 54.6 Å². The van der Waals surface area contributed by atoms with Crippen LogP contribution in [-0.4, -0.2) is 49.8 Å². The lowest BCUT2D eigenvalue weighted by Gasteiger charge is -2.45. The van der Waals surface area contributed by atoms with Crippen molar-refractivity contribution in [2.24, 2.45) is 0 Å². The monoisotopic (exact) mass is 425 g/mol. The number of benzene rings is 2. The smallest absolute Gasteiger partial charge is 0.199 e. The first kappa shape index (κ1) is 21.6. The summed E-state index contributed by atoms with van der Waals surface area (Å²) in [6.45, 7) is 3.94. The molecular formula is C25H36N3OP. The van der Waals surface area contributed by atoms with Crippen molar-refractivity contribution < 1.29 is 4.57 Å². The second-order valence-electron chi connectivity index (χ2n) is 8.93. The molecule has 0 radical (unpaired) electrons. The molecule has 5 heteroatoms. The predicted molar refractivity (Wildman–Crippen MR) is 128 cm³/mol. The van der Waals surface area contributed by atoms with Gasteiger partial charge in [-0.15, -0.1) is 0 Å². The Morgan fingerprint density at radius 1 is 0.767 bits per heavy atom. The summed E-state index contributed by atoms with van der Waals surface area (Å²) in [5, 5.41) is 1.01. The maximum absolute atomic E-state index is 15.3.